The lowest BCUT2D eigenvalue weighted by molar-refractivity contribution is 0.338. The molecule has 0 unspecified atom stereocenters. The van der Waals surface area contributed by atoms with Gasteiger partial charge in [-0.3, -0.25) is 0 Å². The van der Waals surface area contributed by atoms with Crippen molar-refractivity contribution in [2.75, 3.05) is 18.1 Å². The van der Waals surface area contributed by atoms with Gasteiger partial charge in [0.25, 0.3) is 0 Å². The van der Waals surface area contributed by atoms with Crippen molar-refractivity contribution in [1.29, 1.82) is 0 Å². The quantitative estimate of drug-likeness (QED) is 0.659. The molecule has 1 aromatic rings. The van der Waals surface area contributed by atoms with Gasteiger partial charge in [-0.15, -0.1) is 0 Å². The van der Waals surface area contributed by atoms with E-state index in [0.717, 1.165) is 5.56 Å². The molecule has 0 aliphatic heterocycles. The first kappa shape index (κ1) is 17.1. The van der Waals surface area contributed by atoms with Gasteiger partial charge in [0.2, 0.25) is 0 Å². The molecule has 0 aliphatic carbocycles. The molecule has 1 aromatic carbocycles. The predicted octanol–water partition coefficient (Wildman–Crippen LogP) is 4.09. The molecule has 3 nitrogen and oxygen atoms in total. The van der Waals surface area contributed by atoms with Crippen molar-refractivity contribution in [2.45, 2.75) is 18.7 Å². The number of alkyl halides is 1. The number of sulfone groups is 1. The molecule has 19 heavy (non-hydrogen) atoms. The molecule has 0 saturated heterocycles. The highest BCUT2D eigenvalue weighted by atomic mass is 79.9. The molecule has 0 amide bonds. The molecule has 0 saturated carbocycles. The SMILES string of the molecule is CCCS(=O)(=O)CCOc1c(Cl)cc(Cl)cc1CBr. The highest BCUT2D eigenvalue weighted by Gasteiger charge is 2.13. The number of rotatable bonds is 7. The highest BCUT2D eigenvalue weighted by molar-refractivity contribution is 9.08. The first-order chi connectivity index (χ1) is 8.89. The van der Waals surface area contributed by atoms with Gasteiger partial charge in [-0.25, -0.2) is 8.42 Å². The van der Waals surface area contributed by atoms with Gasteiger partial charge in [-0.05, 0) is 18.6 Å². The Morgan fingerprint density at radius 1 is 1.26 bits per heavy atom. The summed E-state index contributed by atoms with van der Waals surface area (Å²) in [6, 6.07) is 3.31. The van der Waals surface area contributed by atoms with Gasteiger partial charge in [0, 0.05) is 15.9 Å². The van der Waals surface area contributed by atoms with Gasteiger partial charge in [0.15, 0.2) is 9.84 Å². The van der Waals surface area contributed by atoms with Crippen molar-refractivity contribution in [3.63, 3.8) is 0 Å². The van der Waals surface area contributed by atoms with E-state index in [4.69, 9.17) is 27.9 Å². The fraction of sp³-hybridized carbons (Fsp3) is 0.500. The molecule has 0 fully saturated rings. The molecule has 0 aliphatic rings. The van der Waals surface area contributed by atoms with Crippen LogP contribution in [0.15, 0.2) is 12.1 Å². The summed E-state index contributed by atoms with van der Waals surface area (Å²) in [5.74, 6) is 0.645. The Kier molecular flexibility index (Phi) is 6.94. The van der Waals surface area contributed by atoms with E-state index in [1.165, 1.54) is 0 Å². The van der Waals surface area contributed by atoms with Gasteiger partial charge >= 0.3 is 0 Å². The fourth-order valence-corrected chi connectivity index (χ4v) is 3.73. The van der Waals surface area contributed by atoms with Crippen molar-refractivity contribution in [1.82, 2.24) is 0 Å². The van der Waals surface area contributed by atoms with Crippen LogP contribution in [0, 0.1) is 0 Å². The molecule has 108 valence electrons. The maximum absolute atomic E-state index is 11.6. The summed E-state index contributed by atoms with van der Waals surface area (Å²) in [7, 11) is -3.05. The summed E-state index contributed by atoms with van der Waals surface area (Å²) in [5, 5.41) is 1.44. The molecule has 7 heteroatoms. The van der Waals surface area contributed by atoms with E-state index in [1.807, 2.05) is 6.92 Å². The Morgan fingerprint density at radius 3 is 2.53 bits per heavy atom. The maximum atomic E-state index is 11.6. The smallest absolute Gasteiger partial charge is 0.153 e. The second-order valence-corrected chi connectivity index (χ2v) is 7.72. The molecule has 0 spiro atoms. The third-order valence-electron chi connectivity index (χ3n) is 2.39. The molecular weight excluding hydrogens is 375 g/mol. The lowest BCUT2D eigenvalue weighted by Crippen LogP contribution is -2.17. The number of ether oxygens (including phenoxy) is 1. The molecular formula is C12H15BrCl2O3S. The van der Waals surface area contributed by atoms with Gasteiger partial charge in [0.05, 0.1) is 16.5 Å². The van der Waals surface area contributed by atoms with Crippen LogP contribution < -0.4 is 4.74 Å². The average molecular weight is 390 g/mol. The average Bonchev–Trinajstić information content (AvgIpc) is 2.31. The second kappa shape index (κ2) is 7.72. The Hall–Kier alpha value is 0.0300. The maximum Gasteiger partial charge on any atom is 0.153 e. The van der Waals surface area contributed by atoms with Gasteiger partial charge < -0.3 is 4.74 Å². The fourth-order valence-electron chi connectivity index (χ4n) is 1.56. The molecule has 0 atom stereocenters. The Bertz CT molecular complexity index is 532. The number of halogens is 3. The van der Waals surface area contributed by atoms with Crippen LogP contribution in [0.25, 0.3) is 0 Å². The molecule has 0 heterocycles. The molecule has 0 aromatic heterocycles. The first-order valence-corrected chi connectivity index (χ1v) is 9.46. The van der Waals surface area contributed by atoms with Crippen molar-refractivity contribution in [3.05, 3.63) is 27.7 Å². The summed E-state index contributed by atoms with van der Waals surface area (Å²) in [5.41, 5.74) is 0.797. The largest absolute Gasteiger partial charge is 0.491 e. The topological polar surface area (TPSA) is 43.4 Å². The van der Waals surface area contributed by atoms with E-state index in [9.17, 15) is 8.42 Å². The molecule has 1 rings (SSSR count). The zero-order valence-corrected chi connectivity index (χ0v) is 14.4. The zero-order valence-electron chi connectivity index (χ0n) is 10.5. The van der Waals surface area contributed by atoms with Gasteiger partial charge in [0.1, 0.15) is 12.4 Å². The third-order valence-corrected chi connectivity index (χ3v) is 5.31. The monoisotopic (exact) mass is 388 g/mol. The Morgan fingerprint density at radius 2 is 1.95 bits per heavy atom. The number of benzene rings is 1. The van der Waals surface area contributed by atoms with E-state index in [1.54, 1.807) is 12.1 Å². The summed E-state index contributed by atoms with van der Waals surface area (Å²) >= 11 is 15.3. The van der Waals surface area contributed by atoms with Crippen LogP contribution in [0.4, 0.5) is 0 Å². The van der Waals surface area contributed by atoms with Crippen molar-refractivity contribution in [3.8, 4) is 5.75 Å². The minimum atomic E-state index is -3.05. The van der Waals surface area contributed by atoms with Crippen LogP contribution in [0.3, 0.4) is 0 Å². The minimum absolute atomic E-state index is 0.0124. The van der Waals surface area contributed by atoms with Crippen LogP contribution in [0.1, 0.15) is 18.9 Å². The van der Waals surface area contributed by atoms with E-state index < -0.39 is 9.84 Å². The molecule has 0 radical (unpaired) electrons. The van der Waals surface area contributed by atoms with Crippen molar-refractivity contribution >= 4 is 49.0 Å². The zero-order chi connectivity index (χ0) is 14.5. The normalized spacial score (nSPS) is 11.6. The second-order valence-electron chi connectivity index (χ2n) is 4.01. The number of hydrogen-bond donors (Lipinski definition) is 0. The summed E-state index contributed by atoms with van der Waals surface area (Å²) in [6.45, 7) is 1.92. The Balaban J connectivity index is 2.73. The van der Waals surface area contributed by atoms with E-state index in [0.29, 0.717) is 27.5 Å². The van der Waals surface area contributed by atoms with Crippen LogP contribution in [-0.4, -0.2) is 26.5 Å². The minimum Gasteiger partial charge on any atom is -0.491 e. The van der Waals surface area contributed by atoms with Crippen LogP contribution >= 0.6 is 39.1 Å². The Labute approximate surface area is 132 Å². The summed E-state index contributed by atoms with van der Waals surface area (Å²) in [6.07, 6.45) is 0.608. The van der Waals surface area contributed by atoms with Crippen LogP contribution in [0.2, 0.25) is 10.0 Å². The van der Waals surface area contributed by atoms with Crippen LogP contribution in [-0.2, 0) is 15.2 Å². The molecule has 0 N–H and O–H groups in total. The molecule has 0 bridgehead atoms. The number of hydrogen-bond acceptors (Lipinski definition) is 3. The van der Waals surface area contributed by atoms with Gasteiger partial charge in [-0.1, -0.05) is 46.1 Å². The summed E-state index contributed by atoms with van der Waals surface area (Å²) in [4.78, 5) is 0. The van der Waals surface area contributed by atoms with E-state index >= 15 is 0 Å². The third kappa shape index (κ3) is 5.50. The van der Waals surface area contributed by atoms with Crippen LogP contribution in [0.5, 0.6) is 5.75 Å². The standard InChI is InChI=1S/C12H15BrCl2O3S/c1-2-4-19(16,17)5-3-18-12-9(8-13)6-10(14)7-11(12)15/h6-7H,2-5,8H2,1H3. The van der Waals surface area contributed by atoms with Crippen molar-refractivity contribution < 1.29 is 13.2 Å². The van der Waals surface area contributed by atoms with E-state index in [2.05, 4.69) is 15.9 Å². The highest BCUT2D eigenvalue weighted by Crippen LogP contribution is 2.33. The summed E-state index contributed by atoms with van der Waals surface area (Å²) < 4.78 is 28.6. The lowest BCUT2D eigenvalue weighted by Gasteiger charge is -2.12. The van der Waals surface area contributed by atoms with Crippen molar-refractivity contribution in [2.24, 2.45) is 0 Å². The first-order valence-electron chi connectivity index (χ1n) is 5.76. The van der Waals surface area contributed by atoms with Gasteiger partial charge in [-0.2, -0.15) is 0 Å². The van der Waals surface area contributed by atoms with E-state index in [-0.39, 0.29) is 18.1 Å². The lowest BCUT2D eigenvalue weighted by atomic mass is 10.2. The predicted molar refractivity (Wildman–Crippen MR) is 83.5 cm³/mol.